The van der Waals surface area contributed by atoms with Gasteiger partial charge < -0.3 is 4.74 Å². The Bertz CT molecular complexity index is 476. The van der Waals surface area contributed by atoms with Gasteiger partial charge in [-0.15, -0.1) is 11.3 Å². The number of hydrogen-bond donors (Lipinski definition) is 0. The van der Waals surface area contributed by atoms with Crippen LogP contribution in [0.2, 0.25) is 0 Å². The summed E-state index contributed by atoms with van der Waals surface area (Å²) >= 11 is 1.60. The van der Waals surface area contributed by atoms with Crippen molar-refractivity contribution in [3.8, 4) is 10.4 Å². The molecular weight excluding hydrogens is 218 g/mol. The summed E-state index contributed by atoms with van der Waals surface area (Å²) in [6.45, 7) is 6.41. The van der Waals surface area contributed by atoms with Gasteiger partial charge in [0, 0.05) is 6.20 Å². The first-order chi connectivity index (χ1) is 7.81. The molecule has 2 aromatic rings. The van der Waals surface area contributed by atoms with Gasteiger partial charge in [-0.05, 0) is 12.5 Å². The van der Waals surface area contributed by atoms with E-state index in [2.05, 4.69) is 23.7 Å². The van der Waals surface area contributed by atoms with Crippen LogP contribution in [0.1, 0.15) is 11.9 Å². The summed E-state index contributed by atoms with van der Waals surface area (Å²) in [6.07, 6.45) is 1.86. The predicted molar refractivity (Wildman–Crippen MR) is 68.2 cm³/mol. The van der Waals surface area contributed by atoms with Crippen molar-refractivity contribution in [3.63, 3.8) is 0 Å². The van der Waals surface area contributed by atoms with Gasteiger partial charge in [0.05, 0.1) is 11.5 Å². The van der Waals surface area contributed by atoms with Gasteiger partial charge in [-0.25, -0.2) is 4.98 Å². The number of thiazole rings is 1. The molecular formula is C13H13NOS. The molecule has 0 atom stereocenters. The van der Waals surface area contributed by atoms with Crippen LogP contribution in [0.5, 0.6) is 0 Å². The molecule has 0 aliphatic rings. The maximum absolute atomic E-state index is 5.33. The Labute approximate surface area is 99.2 Å². The van der Waals surface area contributed by atoms with Crippen LogP contribution in [0, 0.1) is 0 Å². The van der Waals surface area contributed by atoms with Gasteiger partial charge in [-0.3, -0.25) is 0 Å². The number of aromatic nitrogens is 1. The van der Waals surface area contributed by atoms with Crippen molar-refractivity contribution in [1.82, 2.24) is 4.98 Å². The highest BCUT2D eigenvalue weighted by Gasteiger charge is 2.07. The van der Waals surface area contributed by atoms with Gasteiger partial charge in [-0.2, -0.15) is 0 Å². The minimum Gasteiger partial charge on any atom is -0.491 e. The first kappa shape index (κ1) is 10.9. The fourth-order valence-electron chi connectivity index (χ4n) is 1.37. The molecule has 2 rings (SSSR count). The van der Waals surface area contributed by atoms with E-state index in [0.717, 1.165) is 9.88 Å². The number of nitrogens with zero attached hydrogens (tertiary/aromatic N) is 1. The average Bonchev–Trinajstić information content (AvgIpc) is 2.80. The summed E-state index contributed by atoms with van der Waals surface area (Å²) in [6, 6.07) is 10.2. The Morgan fingerprint density at radius 1 is 1.38 bits per heavy atom. The third kappa shape index (κ3) is 2.31. The smallest absolute Gasteiger partial charge is 0.158 e. The molecule has 2 nitrogen and oxygen atoms in total. The zero-order chi connectivity index (χ0) is 11.4. The molecule has 0 N–H and O–H groups in total. The van der Waals surface area contributed by atoms with E-state index in [-0.39, 0.29) is 0 Å². The van der Waals surface area contributed by atoms with Crippen LogP contribution in [0.25, 0.3) is 16.2 Å². The Balaban J connectivity index is 2.23. The molecule has 82 valence electrons. The molecule has 0 amide bonds. The lowest BCUT2D eigenvalue weighted by atomic mass is 10.2. The second kappa shape index (κ2) is 4.94. The summed E-state index contributed by atoms with van der Waals surface area (Å²) in [5.74, 6) is 0.648. The Hall–Kier alpha value is -1.61. The number of rotatable bonds is 4. The second-order valence-corrected chi connectivity index (χ2v) is 4.28. The molecule has 0 bridgehead atoms. The van der Waals surface area contributed by atoms with Crippen LogP contribution in [0.15, 0.2) is 43.1 Å². The van der Waals surface area contributed by atoms with Gasteiger partial charge in [0.15, 0.2) is 5.01 Å². The standard InChI is InChI=1S/C13H13NOS/c1-3-15-10(2)13-14-9-12(16-13)11-7-5-4-6-8-11/h4-9H,2-3H2,1H3. The predicted octanol–water partition coefficient (Wildman–Crippen LogP) is 3.82. The van der Waals surface area contributed by atoms with Gasteiger partial charge in [0.1, 0.15) is 5.76 Å². The zero-order valence-corrected chi connectivity index (χ0v) is 9.96. The van der Waals surface area contributed by atoms with Crippen molar-refractivity contribution in [2.75, 3.05) is 6.61 Å². The monoisotopic (exact) mass is 231 g/mol. The van der Waals surface area contributed by atoms with E-state index in [1.54, 1.807) is 11.3 Å². The maximum atomic E-state index is 5.33. The Morgan fingerprint density at radius 3 is 2.81 bits per heavy atom. The first-order valence-electron chi connectivity index (χ1n) is 5.14. The molecule has 0 unspecified atom stereocenters. The molecule has 0 spiro atoms. The largest absolute Gasteiger partial charge is 0.491 e. The number of hydrogen-bond acceptors (Lipinski definition) is 3. The first-order valence-corrected chi connectivity index (χ1v) is 5.96. The summed E-state index contributed by atoms with van der Waals surface area (Å²) in [4.78, 5) is 5.44. The highest BCUT2D eigenvalue weighted by Crippen LogP contribution is 2.29. The van der Waals surface area contributed by atoms with E-state index in [1.165, 1.54) is 5.56 Å². The highest BCUT2D eigenvalue weighted by atomic mass is 32.1. The van der Waals surface area contributed by atoms with E-state index in [0.29, 0.717) is 12.4 Å². The fraction of sp³-hybridized carbons (Fsp3) is 0.154. The van der Waals surface area contributed by atoms with Crippen molar-refractivity contribution in [2.24, 2.45) is 0 Å². The molecule has 1 heterocycles. The molecule has 0 saturated carbocycles. The fourth-order valence-corrected chi connectivity index (χ4v) is 2.22. The quantitative estimate of drug-likeness (QED) is 0.746. The van der Waals surface area contributed by atoms with E-state index < -0.39 is 0 Å². The molecule has 0 fully saturated rings. The lowest BCUT2D eigenvalue weighted by molar-refractivity contribution is 0.299. The molecule has 16 heavy (non-hydrogen) atoms. The minimum absolute atomic E-state index is 0.624. The van der Waals surface area contributed by atoms with Gasteiger partial charge in [0.25, 0.3) is 0 Å². The van der Waals surface area contributed by atoms with Crippen molar-refractivity contribution < 1.29 is 4.74 Å². The zero-order valence-electron chi connectivity index (χ0n) is 9.14. The van der Waals surface area contributed by atoms with E-state index in [9.17, 15) is 0 Å². The van der Waals surface area contributed by atoms with Crippen LogP contribution < -0.4 is 0 Å². The average molecular weight is 231 g/mol. The molecule has 1 aromatic heterocycles. The lowest BCUT2D eigenvalue weighted by Gasteiger charge is -2.01. The van der Waals surface area contributed by atoms with Crippen LogP contribution >= 0.6 is 11.3 Å². The Morgan fingerprint density at radius 2 is 2.12 bits per heavy atom. The van der Waals surface area contributed by atoms with Crippen LogP contribution in [0.3, 0.4) is 0 Å². The Kier molecular flexibility index (Phi) is 3.37. The van der Waals surface area contributed by atoms with E-state index >= 15 is 0 Å². The number of benzene rings is 1. The van der Waals surface area contributed by atoms with Crippen molar-refractivity contribution in [3.05, 3.63) is 48.1 Å². The minimum atomic E-state index is 0.624. The summed E-state index contributed by atoms with van der Waals surface area (Å²) in [5.41, 5.74) is 1.18. The third-order valence-electron chi connectivity index (χ3n) is 2.12. The molecule has 0 aliphatic heterocycles. The second-order valence-electron chi connectivity index (χ2n) is 3.25. The lowest BCUT2D eigenvalue weighted by Crippen LogP contribution is -1.87. The molecule has 0 aliphatic carbocycles. The van der Waals surface area contributed by atoms with Crippen LogP contribution in [-0.4, -0.2) is 11.6 Å². The van der Waals surface area contributed by atoms with Gasteiger partial charge in [0.2, 0.25) is 0 Å². The van der Waals surface area contributed by atoms with E-state index in [1.807, 2.05) is 31.3 Å². The van der Waals surface area contributed by atoms with Gasteiger partial charge >= 0.3 is 0 Å². The summed E-state index contributed by atoms with van der Waals surface area (Å²) < 4.78 is 5.33. The van der Waals surface area contributed by atoms with Crippen LogP contribution in [-0.2, 0) is 4.74 Å². The van der Waals surface area contributed by atoms with Crippen molar-refractivity contribution >= 4 is 17.1 Å². The van der Waals surface area contributed by atoms with Crippen molar-refractivity contribution in [2.45, 2.75) is 6.92 Å². The molecule has 1 aromatic carbocycles. The SMILES string of the molecule is C=C(OCC)c1ncc(-c2ccccc2)s1. The summed E-state index contributed by atoms with van der Waals surface area (Å²) in [5, 5.41) is 0.848. The van der Waals surface area contributed by atoms with Crippen molar-refractivity contribution in [1.29, 1.82) is 0 Å². The third-order valence-corrected chi connectivity index (χ3v) is 3.21. The molecule has 3 heteroatoms. The topological polar surface area (TPSA) is 22.1 Å². The highest BCUT2D eigenvalue weighted by molar-refractivity contribution is 7.16. The number of ether oxygens (including phenoxy) is 1. The molecule has 0 radical (unpaired) electrons. The maximum Gasteiger partial charge on any atom is 0.158 e. The van der Waals surface area contributed by atoms with Gasteiger partial charge in [-0.1, -0.05) is 36.9 Å². The van der Waals surface area contributed by atoms with Crippen LogP contribution in [0.4, 0.5) is 0 Å². The normalized spacial score (nSPS) is 10.1. The summed E-state index contributed by atoms with van der Waals surface area (Å²) in [7, 11) is 0. The molecule has 0 saturated heterocycles. The van der Waals surface area contributed by atoms with E-state index in [4.69, 9.17) is 4.74 Å².